The number of nitrogens with zero attached hydrogens (tertiary/aromatic N) is 2. The zero-order valence-corrected chi connectivity index (χ0v) is 15.1. The van der Waals surface area contributed by atoms with E-state index in [1.807, 2.05) is 12.1 Å². The van der Waals surface area contributed by atoms with Crippen molar-refractivity contribution in [2.45, 2.75) is 49.2 Å². The van der Waals surface area contributed by atoms with Crippen molar-refractivity contribution in [2.24, 2.45) is 4.40 Å². The minimum absolute atomic E-state index is 0.218. The first-order valence-corrected chi connectivity index (χ1v) is 10.5. The van der Waals surface area contributed by atoms with Crippen LogP contribution in [0.3, 0.4) is 0 Å². The molecule has 1 unspecified atom stereocenters. The van der Waals surface area contributed by atoms with E-state index in [9.17, 15) is 8.42 Å². The summed E-state index contributed by atoms with van der Waals surface area (Å²) in [6, 6.07) is 7.06. The number of rotatable bonds is 3. The van der Waals surface area contributed by atoms with Gasteiger partial charge >= 0.3 is 0 Å². The summed E-state index contributed by atoms with van der Waals surface area (Å²) in [4.78, 5) is 2.39. The number of piperidine rings is 1. The predicted octanol–water partition coefficient (Wildman–Crippen LogP) is 2.19. The maximum atomic E-state index is 12.2. The molecule has 0 aliphatic carbocycles. The molecule has 1 aromatic carbocycles. The molecular formula is C18H24N2O4S. The average molecular weight is 364 g/mol. The van der Waals surface area contributed by atoms with Crippen LogP contribution in [-0.4, -0.2) is 57.7 Å². The Morgan fingerprint density at radius 2 is 1.96 bits per heavy atom. The van der Waals surface area contributed by atoms with Gasteiger partial charge in [0.25, 0.3) is 10.0 Å². The summed E-state index contributed by atoms with van der Waals surface area (Å²) < 4.78 is 40.1. The smallest absolute Gasteiger partial charge is 0.285 e. The Hall–Kier alpha value is -1.44. The second kappa shape index (κ2) is 7.05. The van der Waals surface area contributed by atoms with Gasteiger partial charge in [0.05, 0.1) is 18.8 Å². The number of fused-ring (bicyclic) bond motifs is 1. The van der Waals surface area contributed by atoms with E-state index < -0.39 is 10.0 Å². The van der Waals surface area contributed by atoms with Gasteiger partial charge in [-0.25, -0.2) is 0 Å². The first-order valence-electron chi connectivity index (χ1n) is 9.06. The van der Waals surface area contributed by atoms with Gasteiger partial charge in [0.2, 0.25) is 0 Å². The Kier molecular flexibility index (Phi) is 4.80. The average Bonchev–Trinajstić information content (AvgIpc) is 2.93. The van der Waals surface area contributed by atoms with E-state index in [0.29, 0.717) is 17.3 Å². The van der Waals surface area contributed by atoms with Crippen LogP contribution in [0.25, 0.3) is 0 Å². The highest BCUT2D eigenvalue weighted by Gasteiger charge is 2.33. The van der Waals surface area contributed by atoms with Gasteiger partial charge in [-0.1, -0.05) is 12.1 Å². The molecule has 6 nitrogen and oxygen atoms in total. The van der Waals surface area contributed by atoms with E-state index in [1.165, 1.54) is 6.42 Å². The summed E-state index contributed by atoms with van der Waals surface area (Å²) in [6.45, 7) is 3.04. The summed E-state index contributed by atoms with van der Waals surface area (Å²) in [7, 11) is -3.54. The molecule has 3 aliphatic heterocycles. The number of hydrogen-bond donors (Lipinski definition) is 0. The van der Waals surface area contributed by atoms with Gasteiger partial charge in [-0.2, -0.15) is 8.42 Å². The molecule has 1 atom stereocenters. The van der Waals surface area contributed by atoms with E-state index in [-0.39, 0.29) is 12.2 Å². The summed E-state index contributed by atoms with van der Waals surface area (Å²) in [5, 5.41) is 0. The molecule has 4 rings (SSSR count). The summed E-state index contributed by atoms with van der Waals surface area (Å²) >= 11 is 0. The second-order valence-electron chi connectivity index (χ2n) is 6.89. The first kappa shape index (κ1) is 17.0. The van der Waals surface area contributed by atoms with E-state index in [2.05, 4.69) is 9.30 Å². The van der Waals surface area contributed by atoms with Crippen LogP contribution in [0.4, 0.5) is 0 Å². The van der Waals surface area contributed by atoms with E-state index in [1.54, 1.807) is 12.1 Å². The Bertz CT molecular complexity index is 748. The molecule has 0 spiro atoms. The molecule has 0 N–H and O–H groups in total. The zero-order valence-electron chi connectivity index (χ0n) is 14.3. The number of sulfonamides is 1. The van der Waals surface area contributed by atoms with Crippen LogP contribution in [0, 0.1) is 0 Å². The Balaban J connectivity index is 1.35. The van der Waals surface area contributed by atoms with E-state index in [4.69, 9.17) is 9.47 Å². The van der Waals surface area contributed by atoms with Crippen molar-refractivity contribution >= 4 is 15.9 Å². The van der Waals surface area contributed by atoms with Crippen molar-refractivity contribution in [2.75, 3.05) is 26.3 Å². The molecule has 1 aromatic rings. The molecule has 3 heterocycles. The van der Waals surface area contributed by atoms with Gasteiger partial charge in [0, 0.05) is 25.3 Å². The molecule has 7 heteroatoms. The van der Waals surface area contributed by atoms with Crippen LogP contribution >= 0.6 is 0 Å². The topological polar surface area (TPSA) is 68.2 Å². The lowest BCUT2D eigenvalue weighted by atomic mass is 10.1. The van der Waals surface area contributed by atoms with Crippen LogP contribution in [0.2, 0.25) is 0 Å². The Morgan fingerprint density at radius 3 is 2.72 bits per heavy atom. The third kappa shape index (κ3) is 3.59. The molecule has 136 valence electrons. The van der Waals surface area contributed by atoms with E-state index >= 15 is 0 Å². The third-order valence-corrected chi connectivity index (χ3v) is 6.47. The minimum Gasteiger partial charge on any atom is -0.376 e. The fourth-order valence-corrected chi connectivity index (χ4v) is 4.96. The number of amidine groups is 1. The maximum absolute atomic E-state index is 12.2. The lowest BCUT2D eigenvalue weighted by Gasteiger charge is -2.34. The summed E-state index contributed by atoms with van der Waals surface area (Å²) in [5.41, 5.74) is 0.720. The molecule has 3 aliphatic rings. The van der Waals surface area contributed by atoms with Gasteiger partial charge in [-0.3, -0.25) is 0 Å². The zero-order chi connectivity index (χ0) is 17.3. The van der Waals surface area contributed by atoms with Crippen molar-refractivity contribution < 1.29 is 17.9 Å². The number of hydrogen-bond acceptors (Lipinski definition) is 5. The Labute approximate surface area is 148 Å². The Morgan fingerprint density at radius 1 is 1.16 bits per heavy atom. The van der Waals surface area contributed by atoms with Crippen LogP contribution in [0.15, 0.2) is 33.6 Å². The third-order valence-electron chi connectivity index (χ3n) is 5.15. The molecule has 2 fully saturated rings. The summed E-state index contributed by atoms with van der Waals surface area (Å²) in [6.07, 6.45) is 5.69. The SMILES string of the molecule is O=S1(=O)N=C(N2CCC(OCC3CCCCO3)CC2)c2ccccc21. The molecule has 0 saturated carbocycles. The molecule has 0 bridgehead atoms. The van der Waals surface area contributed by atoms with Crippen LogP contribution in [0.5, 0.6) is 0 Å². The van der Waals surface area contributed by atoms with Gasteiger partial charge in [0.15, 0.2) is 5.84 Å². The van der Waals surface area contributed by atoms with Crippen LogP contribution < -0.4 is 0 Å². The number of likely N-dealkylation sites (tertiary alicyclic amines) is 1. The van der Waals surface area contributed by atoms with Crippen molar-refractivity contribution in [3.05, 3.63) is 29.8 Å². The van der Waals surface area contributed by atoms with Gasteiger partial charge in [-0.15, -0.1) is 4.40 Å². The molecule has 0 amide bonds. The van der Waals surface area contributed by atoms with Crippen molar-refractivity contribution in [1.82, 2.24) is 4.90 Å². The highest BCUT2D eigenvalue weighted by Crippen LogP contribution is 2.29. The maximum Gasteiger partial charge on any atom is 0.285 e. The quantitative estimate of drug-likeness (QED) is 0.822. The van der Waals surface area contributed by atoms with Gasteiger partial charge in [0.1, 0.15) is 4.90 Å². The first-order chi connectivity index (χ1) is 12.1. The van der Waals surface area contributed by atoms with Gasteiger partial charge < -0.3 is 14.4 Å². The van der Waals surface area contributed by atoms with Crippen molar-refractivity contribution in [3.8, 4) is 0 Å². The second-order valence-corrected chi connectivity index (χ2v) is 8.47. The van der Waals surface area contributed by atoms with E-state index in [0.717, 1.165) is 50.9 Å². The largest absolute Gasteiger partial charge is 0.376 e. The predicted molar refractivity (Wildman–Crippen MR) is 94.3 cm³/mol. The number of ether oxygens (including phenoxy) is 2. The lowest BCUT2D eigenvalue weighted by molar-refractivity contribution is -0.0719. The normalized spacial score (nSPS) is 26.3. The van der Waals surface area contributed by atoms with Crippen LogP contribution in [0.1, 0.15) is 37.7 Å². The summed E-state index contributed by atoms with van der Waals surface area (Å²) in [5.74, 6) is 0.588. The molecule has 0 aromatic heterocycles. The fourth-order valence-electron chi connectivity index (χ4n) is 3.73. The molecule has 0 radical (unpaired) electrons. The highest BCUT2D eigenvalue weighted by atomic mass is 32.2. The standard InChI is InChI=1S/C18H24N2O4S/c21-25(22)17-7-2-1-6-16(17)18(19-25)20-10-8-14(9-11-20)24-13-15-5-3-4-12-23-15/h1-2,6-7,14-15H,3-5,8-13H2. The fraction of sp³-hybridized carbons (Fsp3) is 0.611. The molecular weight excluding hydrogens is 340 g/mol. The van der Waals surface area contributed by atoms with Crippen LogP contribution in [-0.2, 0) is 19.5 Å². The lowest BCUT2D eigenvalue weighted by Crippen LogP contribution is -2.41. The molecule has 2 saturated heterocycles. The highest BCUT2D eigenvalue weighted by molar-refractivity contribution is 7.90. The minimum atomic E-state index is -3.54. The van der Waals surface area contributed by atoms with Crippen molar-refractivity contribution in [1.29, 1.82) is 0 Å². The van der Waals surface area contributed by atoms with Gasteiger partial charge in [-0.05, 0) is 44.2 Å². The molecule has 25 heavy (non-hydrogen) atoms. The monoisotopic (exact) mass is 364 g/mol. The van der Waals surface area contributed by atoms with Crippen molar-refractivity contribution in [3.63, 3.8) is 0 Å². The number of benzene rings is 1.